The van der Waals surface area contributed by atoms with Gasteiger partial charge in [-0.3, -0.25) is 29.5 Å². The SMILES string of the molecule is O=C(NC1CN(Cc2ccc([N+](=O)[O-])cc2)C(=O)CCS1)c1ccc(OP(=O)(O)O)cc1. The lowest BCUT2D eigenvalue weighted by molar-refractivity contribution is -0.384. The molecule has 32 heavy (non-hydrogen) atoms. The predicted molar refractivity (Wildman–Crippen MR) is 116 cm³/mol. The van der Waals surface area contributed by atoms with Crippen molar-refractivity contribution in [2.45, 2.75) is 18.3 Å². The number of hydrogen-bond donors (Lipinski definition) is 3. The van der Waals surface area contributed by atoms with Crippen LogP contribution in [0.2, 0.25) is 0 Å². The first-order valence-corrected chi connectivity index (χ1v) is 12.0. The Morgan fingerprint density at radius 3 is 2.47 bits per heavy atom. The number of non-ortho nitro benzene ring substituents is 1. The smallest absolute Gasteiger partial charge is 0.404 e. The number of nitrogens with one attached hydrogen (secondary N) is 1. The van der Waals surface area contributed by atoms with E-state index in [1.54, 1.807) is 17.0 Å². The molecule has 2 aromatic rings. The molecule has 3 rings (SSSR count). The largest absolute Gasteiger partial charge is 0.524 e. The molecule has 1 fully saturated rings. The molecule has 0 saturated carbocycles. The van der Waals surface area contributed by atoms with E-state index in [0.29, 0.717) is 12.2 Å². The van der Waals surface area contributed by atoms with Crippen LogP contribution < -0.4 is 9.84 Å². The molecule has 0 aliphatic carbocycles. The Labute approximate surface area is 187 Å². The van der Waals surface area contributed by atoms with Crippen molar-refractivity contribution < 1.29 is 33.4 Å². The van der Waals surface area contributed by atoms with Gasteiger partial charge in [0.25, 0.3) is 11.6 Å². The summed E-state index contributed by atoms with van der Waals surface area (Å²) >= 11 is 1.43. The zero-order chi connectivity index (χ0) is 23.3. The minimum atomic E-state index is -4.68. The highest BCUT2D eigenvalue weighted by Crippen LogP contribution is 2.37. The van der Waals surface area contributed by atoms with E-state index in [1.807, 2.05) is 0 Å². The number of nitro groups is 1. The summed E-state index contributed by atoms with van der Waals surface area (Å²) in [6, 6.07) is 11.3. The lowest BCUT2D eigenvalue weighted by Gasteiger charge is -2.25. The second-order valence-corrected chi connectivity index (χ2v) is 9.36. The minimum Gasteiger partial charge on any atom is -0.404 e. The molecule has 1 heterocycles. The number of phosphoric acid groups is 1. The Morgan fingerprint density at radius 1 is 1.22 bits per heavy atom. The first kappa shape index (κ1) is 23.7. The quantitative estimate of drug-likeness (QED) is 0.306. The fourth-order valence-corrected chi connectivity index (χ4v) is 4.47. The van der Waals surface area contributed by atoms with Gasteiger partial charge in [-0.25, -0.2) is 4.57 Å². The van der Waals surface area contributed by atoms with Crippen molar-refractivity contribution in [2.75, 3.05) is 12.3 Å². The lowest BCUT2D eigenvalue weighted by atomic mass is 10.2. The number of phosphoric ester groups is 1. The molecule has 1 unspecified atom stereocenters. The number of carbonyl (C=O) groups is 2. The Hall–Kier alpha value is -2.92. The van der Waals surface area contributed by atoms with Gasteiger partial charge in [-0.2, -0.15) is 0 Å². The lowest BCUT2D eigenvalue weighted by Crippen LogP contribution is -2.42. The Bertz CT molecular complexity index is 1040. The van der Waals surface area contributed by atoms with Gasteiger partial charge < -0.3 is 14.7 Å². The van der Waals surface area contributed by atoms with Crippen molar-refractivity contribution in [3.63, 3.8) is 0 Å². The number of nitrogens with zero attached hydrogens (tertiary/aromatic N) is 2. The molecule has 170 valence electrons. The predicted octanol–water partition coefficient (Wildman–Crippen LogP) is 2.29. The number of benzene rings is 2. The van der Waals surface area contributed by atoms with E-state index in [0.717, 1.165) is 5.56 Å². The van der Waals surface area contributed by atoms with E-state index in [1.165, 1.54) is 48.2 Å². The van der Waals surface area contributed by atoms with Crippen LogP contribution in [-0.2, 0) is 15.9 Å². The topological polar surface area (TPSA) is 159 Å². The first-order valence-electron chi connectivity index (χ1n) is 9.39. The average molecular weight is 481 g/mol. The van der Waals surface area contributed by atoms with Gasteiger partial charge in [0, 0.05) is 36.4 Å². The van der Waals surface area contributed by atoms with Crippen LogP contribution in [0.1, 0.15) is 22.3 Å². The summed E-state index contributed by atoms with van der Waals surface area (Å²) in [6.45, 7) is 0.518. The van der Waals surface area contributed by atoms with Gasteiger partial charge in [-0.05, 0) is 29.8 Å². The summed E-state index contributed by atoms with van der Waals surface area (Å²) in [5.41, 5.74) is 0.969. The van der Waals surface area contributed by atoms with Crippen LogP contribution >= 0.6 is 19.6 Å². The van der Waals surface area contributed by atoms with E-state index >= 15 is 0 Å². The normalized spacial score (nSPS) is 16.9. The molecule has 3 N–H and O–H groups in total. The summed E-state index contributed by atoms with van der Waals surface area (Å²) in [6.07, 6.45) is 0.304. The molecule has 11 nitrogen and oxygen atoms in total. The Kier molecular flexibility index (Phi) is 7.52. The standard InChI is InChI=1S/C19H20N3O8PS/c23-18-9-10-32-17(12-21(18)11-13-1-5-15(6-2-13)22(25)26)20-19(24)14-3-7-16(8-4-14)30-31(27,28)29/h1-8,17H,9-12H2,(H,20,24)(H2,27,28,29). The molecule has 13 heteroatoms. The zero-order valence-corrected chi connectivity index (χ0v) is 18.3. The maximum atomic E-state index is 12.6. The molecule has 0 aromatic heterocycles. The molecular weight excluding hydrogens is 461 g/mol. The fraction of sp³-hybridized carbons (Fsp3) is 0.263. The third kappa shape index (κ3) is 6.79. The molecule has 2 aromatic carbocycles. The van der Waals surface area contributed by atoms with Crippen LogP contribution in [0.3, 0.4) is 0 Å². The third-order valence-corrected chi connectivity index (χ3v) is 6.09. The molecule has 2 amide bonds. The number of rotatable bonds is 7. The summed E-state index contributed by atoms with van der Waals surface area (Å²) in [5, 5.41) is 13.3. The summed E-state index contributed by atoms with van der Waals surface area (Å²) in [5.74, 6) is -0.0321. The van der Waals surface area contributed by atoms with Crippen LogP contribution in [0.25, 0.3) is 0 Å². The van der Waals surface area contributed by atoms with Crippen molar-refractivity contribution in [1.82, 2.24) is 10.2 Å². The second-order valence-electron chi connectivity index (χ2n) is 6.89. The molecule has 1 saturated heterocycles. The van der Waals surface area contributed by atoms with E-state index in [-0.39, 0.29) is 41.4 Å². The van der Waals surface area contributed by atoms with Crippen molar-refractivity contribution in [3.05, 3.63) is 69.8 Å². The van der Waals surface area contributed by atoms with Gasteiger partial charge in [0.2, 0.25) is 5.91 Å². The average Bonchev–Trinajstić information content (AvgIpc) is 2.89. The van der Waals surface area contributed by atoms with E-state index in [4.69, 9.17) is 9.79 Å². The first-order chi connectivity index (χ1) is 15.1. The third-order valence-electron chi connectivity index (χ3n) is 4.53. The number of carbonyl (C=O) groups excluding carboxylic acids is 2. The van der Waals surface area contributed by atoms with E-state index in [9.17, 15) is 24.3 Å². The van der Waals surface area contributed by atoms with Crippen molar-refractivity contribution >= 4 is 37.1 Å². The summed E-state index contributed by atoms with van der Waals surface area (Å²) < 4.78 is 15.3. The molecule has 0 radical (unpaired) electrons. The monoisotopic (exact) mass is 481 g/mol. The van der Waals surface area contributed by atoms with Gasteiger partial charge in [-0.1, -0.05) is 12.1 Å². The summed E-state index contributed by atoms with van der Waals surface area (Å²) in [4.78, 5) is 54.6. The summed E-state index contributed by atoms with van der Waals surface area (Å²) in [7, 11) is -4.68. The number of nitro benzene ring substituents is 1. The van der Waals surface area contributed by atoms with Crippen LogP contribution in [0, 0.1) is 10.1 Å². The number of hydrogen-bond acceptors (Lipinski definition) is 7. The van der Waals surface area contributed by atoms with Crippen LogP contribution in [0.15, 0.2) is 48.5 Å². The molecule has 1 atom stereocenters. The van der Waals surface area contributed by atoms with Crippen LogP contribution in [-0.4, -0.2) is 49.1 Å². The highest BCUT2D eigenvalue weighted by molar-refractivity contribution is 7.99. The maximum absolute atomic E-state index is 12.6. The fourth-order valence-electron chi connectivity index (χ4n) is 3.02. The number of amides is 2. The van der Waals surface area contributed by atoms with Gasteiger partial charge in [0.05, 0.1) is 16.8 Å². The number of thioether (sulfide) groups is 1. The van der Waals surface area contributed by atoms with Crippen LogP contribution in [0.5, 0.6) is 5.75 Å². The Morgan fingerprint density at radius 2 is 1.88 bits per heavy atom. The molecule has 1 aliphatic rings. The highest BCUT2D eigenvalue weighted by Gasteiger charge is 2.25. The molecule has 0 spiro atoms. The van der Waals surface area contributed by atoms with Gasteiger partial charge in [0.15, 0.2) is 0 Å². The van der Waals surface area contributed by atoms with Crippen molar-refractivity contribution in [2.24, 2.45) is 0 Å². The van der Waals surface area contributed by atoms with Crippen molar-refractivity contribution in [3.8, 4) is 5.75 Å². The molecule has 0 bridgehead atoms. The van der Waals surface area contributed by atoms with Crippen molar-refractivity contribution in [1.29, 1.82) is 0 Å². The maximum Gasteiger partial charge on any atom is 0.524 e. The second kappa shape index (κ2) is 10.1. The van der Waals surface area contributed by atoms with Gasteiger partial charge >= 0.3 is 7.82 Å². The zero-order valence-electron chi connectivity index (χ0n) is 16.6. The van der Waals surface area contributed by atoms with E-state index < -0.39 is 18.7 Å². The molecular formula is C19H20N3O8PS. The highest BCUT2D eigenvalue weighted by atomic mass is 32.2. The molecule has 1 aliphatic heterocycles. The van der Waals surface area contributed by atoms with Crippen LogP contribution in [0.4, 0.5) is 5.69 Å². The van der Waals surface area contributed by atoms with Gasteiger partial charge in [0.1, 0.15) is 5.75 Å². The minimum absolute atomic E-state index is 0.0335. The van der Waals surface area contributed by atoms with Gasteiger partial charge in [-0.15, -0.1) is 11.8 Å². The Balaban J connectivity index is 1.63. The van der Waals surface area contributed by atoms with E-state index in [2.05, 4.69) is 9.84 Å².